The molecular weight excluding hydrogens is 386 g/mol. The van der Waals surface area contributed by atoms with Crippen LogP contribution in [0, 0.1) is 23.7 Å². The third-order valence-corrected chi connectivity index (χ3v) is 4.89. The van der Waals surface area contributed by atoms with Gasteiger partial charge < -0.3 is 4.57 Å². The SMILES string of the molecule is C#CCn1c(=NC(=O)c2ccc(C#N)cc2)sc2cc(Br)ccc21. The van der Waals surface area contributed by atoms with Crippen LogP contribution in [0.15, 0.2) is 51.9 Å². The van der Waals surface area contributed by atoms with Crippen molar-refractivity contribution in [2.24, 2.45) is 4.99 Å². The summed E-state index contributed by atoms with van der Waals surface area (Å²) in [4.78, 5) is 17.2. The van der Waals surface area contributed by atoms with Crippen LogP contribution in [-0.2, 0) is 6.54 Å². The molecule has 0 radical (unpaired) electrons. The maximum absolute atomic E-state index is 12.4. The summed E-state index contributed by atoms with van der Waals surface area (Å²) >= 11 is 4.85. The van der Waals surface area contributed by atoms with Crippen molar-refractivity contribution in [1.82, 2.24) is 4.57 Å². The highest BCUT2D eigenvalue weighted by atomic mass is 79.9. The van der Waals surface area contributed by atoms with Crippen molar-refractivity contribution in [3.8, 4) is 18.4 Å². The number of terminal acetylenes is 1. The van der Waals surface area contributed by atoms with E-state index in [-0.39, 0.29) is 5.91 Å². The lowest BCUT2D eigenvalue weighted by atomic mass is 10.1. The van der Waals surface area contributed by atoms with Gasteiger partial charge in [-0.15, -0.1) is 6.42 Å². The smallest absolute Gasteiger partial charge is 0.279 e. The highest BCUT2D eigenvalue weighted by molar-refractivity contribution is 9.10. The normalized spacial score (nSPS) is 11.2. The van der Waals surface area contributed by atoms with Gasteiger partial charge in [-0.2, -0.15) is 10.3 Å². The largest absolute Gasteiger partial charge is 0.305 e. The van der Waals surface area contributed by atoms with Gasteiger partial charge in [0.15, 0.2) is 4.80 Å². The minimum Gasteiger partial charge on any atom is -0.305 e. The minimum absolute atomic E-state index is 0.334. The van der Waals surface area contributed by atoms with Crippen molar-refractivity contribution in [2.75, 3.05) is 0 Å². The van der Waals surface area contributed by atoms with Crippen molar-refractivity contribution in [2.45, 2.75) is 6.54 Å². The Morgan fingerprint density at radius 3 is 2.71 bits per heavy atom. The summed E-state index contributed by atoms with van der Waals surface area (Å²) in [6.07, 6.45) is 5.45. The van der Waals surface area contributed by atoms with E-state index in [9.17, 15) is 4.79 Å². The number of carbonyl (C=O) groups excluding carboxylic acids is 1. The number of fused-ring (bicyclic) bond motifs is 1. The first-order valence-electron chi connectivity index (χ1n) is 6.94. The molecule has 2 aromatic carbocycles. The van der Waals surface area contributed by atoms with Crippen LogP contribution in [0.3, 0.4) is 0 Å². The third kappa shape index (κ3) is 3.16. The van der Waals surface area contributed by atoms with E-state index in [0.717, 1.165) is 14.7 Å². The standard InChI is InChI=1S/C18H10BrN3OS/c1-2-9-22-15-8-7-14(19)10-16(15)24-18(22)21-17(23)13-5-3-12(11-20)4-6-13/h1,3-8,10H,9H2. The van der Waals surface area contributed by atoms with E-state index in [1.54, 1.807) is 24.3 Å². The summed E-state index contributed by atoms with van der Waals surface area (Å²) in [5.41, 5.74) is 1.87. The van der Waals surface area contributed by atoms with E-state index in [4.69, 9.17) is 11.7 Å². The summed E-state index contributed by atoms with van der Waals surface area (Å²) < 4.78 is 3.79. The number of amides is 1. The van der Waals surface area contributed by atoms with Gasteiger partial charge in [-0.25, -0.2) is 0 Å². The number of nitrogens with zero attached hydrogens (tertiary/aromatic N) is 3. The van der Waals surface area contributed by atoms with Gasteiger partial charge in [0.1, 0.15) is 0 Å². The predicted molar refractivity (Wildman–Crippen MR) is 97.4 cm³/mol. The van der Waals surface area contributed by atoms with Crippen LogP contribution in [0.25, 0.3) is 10.2 Å². The first-order valence-corrected chi connectivity index (χ1v) is 8.55. The van der Waals surface area contributed by atoms with Crippen LogP contribution >= 0.6 is 27.3 Å². The van der Waals surface area contributed by atoms with Gasteiger partial charge in [-0.3, -0.25) is 4.79 Å². The number of thiazole rings is 1. The van der Waals surface area contributed by atoms with E-state index >= 15 is 0 Å². The third-order valence-electron chi connectivity index (χ3n) is 3.35. The lowest BCUT2D eigenvalue weighted by molar-refractivity contribution is 0.0998. The van der Waals surface area contributed by atoms with Crippen LogP contribution in [0.4, 0.5) is 0 Å². The van der Waals surface area contributed by atoms with E-state index in [0.29, 0.717) is 22.5 Å². The molecule has 1 aromatic heterocycles. The molecule has 0 aliphatic carbocycles. The number of benzene rings is 2. The van der Waals surface area contributed by atoms with Crippen molar-refractivity contribution in [3.63, 3.8) is 0 Å². The molecule has 0 saturated heterocycles. The second kappa shape index (κ2) is 6.84. The number of halogens is 1. The average molecular weight is 396 g/mol. The zero-order valence-electron chi connectivity index (χ0n) is 12.4. The molecule has 3 aromatic rings. The second-order valence-electron chi connectivity index (χ2n) is 4.89. The molecule has 0 aliphatic heterocycles. The predicted octanol–water partition coefficient (Wildman–Crippen LogP) is 3.71. The molecule has 116 valence electrons. The molecule has 0 aliphatic rings. The average Bonchev–Trinajstić information content (AvgIpc) is 2.91. The summed E-state index contributed by atoms with van der Waals surface area (Å²) in [5, 5.41) is 8.82. The molecular formula is C18H10BrN3OS. The van der Waals surface area contributed by atoms with Gasteiger partial charge in [-0.05, 0) is 42.5 Å². The molecule has 3 rings (SSSR count). The van der Waals surface area contributed by atoms with E-state index in [2.05, 4.69) is 26.8 Å². The maximum Gasteiger partial charge on any atom is 0.279 e. The topological polar surface area (TPSA) is 58.1 Å². The Morgan fingerprint density at radius 1 is 1.29 bits per heavy atom. The van der Waals surface area contributed by atoms with E-state index in [1.165, 1.54) is 11.3 Å². The van der Waals surface area contributed by atoms with Crippen molar-refractivity contribution in [1.29, 1.82) is 5.26 Å². The highest BCUT2D eigenvalue weighted by Gasteiger charge is 2.09. The molecule has 0 fully saturated rings. The molecule has 0 spiro atoms. The van der Waals surface area contributed by atoms with Crippen LogP contribution in [0.2, 0.25) is 0 Å². The van der Waals surface area contributed by atoms with Crippen molar-refractivity contribution < 1.29 is 4.79 Å². The Hall–Kier alpha value is -2.67. The lowest BCUT2D eigenvalue weighted by Gasteiger charge is -2.00. The van der Waals surface area contributed by atoms with Gasteiger partial charge in [0.2, 0.25) is 0 Å². The molecule has 1 heterocycles. The monoisotopic (exact) mass is 395 g/mol. The van der Waals surface area contributed by atoms with Crippen LogP contribution < -0.4 is 4.80 Å². The number of carbonyl (C=O) groups is 1. The molecule has 0 N–H and O–H groups in total. The molecule has 6 heteroatoms. The van der Waals surface area contributed by atoms with E-state index < -0.39 is 0 Å². The van der Waals surface area contributed by atoms with Gasteiger partial charge in [0.25, 0.3) is 5.91 Å². The van der Waals surface area contributed by atoms with Crippen molar-refractivity contribution in [3.05, 3.63) is 62.9 Å². The summed E-state index contributed by atoms with van der Waals surface area (Å²) in [6.45, 7) is 0.334. The zero-order valence-corrected chi connectivity index (χ0v) is 14.8. The summed E-state index contributed by atoms with van der Waals surface area (Å²) in [7, 11) is 0. The quantitative estimate of drug-likeness (QED) is 0.620. The first-order chi connectivity index (χ1) is 11.6. The van der Waals surface area contributed by atoms with Crippen LogP contribution in [-0.4, -0.2) is 10.5 Å². The fraction of sp³-hybridized carbons (Fsp3) is 0.0556. The summed E-state index contributed by atoms with van der Waals surface area (Å²) in [5.74, 6) is 2.23. The first kappa shape index (κ1) is 16.2. The molecule has 4 nitrogen and oxygen atoms in total. The maximum atomic E-state index is 12.4. The van der Waals surface area contributed by atoms with Gasteiger partial charge in [0.05, 0.1) is 28.4 Å². The second-order valence-corrected chi connectivity index (χ2v) is 6.82. The van der Waals surface area contributed by atoms with Gasteiger partial charge in [-0.1, -0.05) is 33.2 Å². The molecule has 0 unspecified atom stereocenters. The van der Waals surface area contributed by atoms with E-state index in [1.807, 2.05) is 28.8 Å². The Morgan fingerprint density at radius 2 is 2.04 bits per heavy atom. The molecule has 0 atom stereocenters. The Balaban J connectivity index is 2.11. The van der Waals surface area contributed by atoms with Gasteiger partial charge in [0, 0.05) is 10.0 Å². The van der Waals surface area contributed by atoms with Gasteiger partial charge >= 0.3 is 0 Å². The minimum atomic E-state index is -0.365. The van der Waals surface area contributed by atoms with Crippen LogP contribution in [0.5, 0.6) is 0 Å². The molecule has 1 amide bonds. The molecule has 0 bridgehead atoms. The Kier molecular flexibility index (Phi) is 4.61. The fourth-order valence-corrected chi connectivity index (χ4v) is 3.79. The number of hydrogen-bond acceptors (Lipinski definition) is 3. The number of rotatable bonds is 2. The van der Waals surface area contributed by atoms with Crippen LogP contribution in [0.1, 0.15) is 15.9 Å². The lowest BCUT2D eigenvalue weighted by Crippen LogP contribution is -2.16. The molecule has 0 saturated carbocycles. The van der Waals surface area contributed by atoms with Crippen molar-refractivity contribution >= 4 is 43.4 Å². The Labute approximate surface area is 150 Å². The zero-order chi connectivity index (χ0) is 17.1. The number of hydrogen-bond donors (Lipinski definition) is 0. The summed E-state index contributed by atoms with van der Waals surface area (Å²) in [6, 6.07) is 14.2. The number of aromatic nitrogens is 1. The fourth-order valence-electron chi connectivity index (χ4n) is 2.22. The number of nitriles is 1. The highest BCUT2D eigenvalue weighted by Crippen LogP contribution is 2.22. The Bertz CT molecular complexity index is 1080. The molecule has 24 heavy (non-hydrogen) atoms.